The zero-order valence-electron chi connectivity index (χ0n) is 11.8. The van der Waals surface area contributed by atoms with Gasteiger partial charge in [-0.1, -0.05) is 0 Å². The summed E-state index contributed by atoms with van der Waals surface area (Å²) in [5, 5.41) is 2.87. The van der Waals surface area contributed by atoms with Crippen molar-refractivity contribution < 1.29 is 17.6 Å². The summed E-state index contributed by atoms with van der Waals surface area (Å²) in [6, 6.07) is 3.13. The Morgan fingerprint density at radius 2 is 2.11 bits per heavy atom. The molecule has 0 saturated heterocycles. The van der Waals surface area contributed by atoms with Crippen LogP contribution in [0.25, 0.3) is 0 Å². The Labute approximate surface area is 114 Å². The van der Waals surface area contributed by atoms with Gasteiger partial charge in [0, 0.05) is 13.6 Å². The quantitative estimate of drug-likeness (QED) is 0.774. The normalized spacial score (nSPS) is 12.5. The third kappa shape index (κ3) is 4.61. The van der Waals surface area contributed by atoms with Gasteiger partial charge in [-0.2, -0.15) is 4.31 Å². The minimum Gasteiger partial charge on any atom is -0.447 e. The maximum Gasteiger partial charge on any atom is 0.276 e. The molecule has 0 radical (unpaired) electrons. The minimum atomic E-state index is -3.58. The maximum atomic E-state index is 12.2. The van der Waals surface area contributed by atoms with Gasteiger partial charge >= 0.3 is 0 Å². The average Bonchev–Trinajstić information content (AvgIpc) is 2.78. The first-order chi connectivity index (χ1) is 8.87. The summed E-state index contributed by atoms with van der Waals surface area (Å²) in [5.41, 5.74) is 0. The first-order valence-electron chi connectivity index (χ1n) is 6.19. The summed E-state index contributed by atoms with van der Waals surface area (Å²) in [6.45, 7) is 4.96. The van der Waals surface area contributed by atoms with Gasteiger partial charge in [0.2, 0.25) is 5.09 Å². The van der Waals surface area contributed by atoms with Gasteiger partial charge in [0.1, 0.15) is 5.76 Å². The van der Waals surface area contributed by atoms with Crippen molar-refractivity contribution in [3.63, 3.8) is 0 Å². The van der Waals surface area contributed by atoms with Crippen LogP contribution in [0.5, 0.6) is 0 Å². The van der Waals surface area contributed by atoms with Gasteiger partial charge in [-0.05, 0) is 33.0 Å². The zero-order valence-corrected chi connectivity index (χ0v) is 12.7. The van der Waals surface area contributed by atoms with Crippen molar-refractivity contribution in [1.29, 1.82) is 0 Å². The molecule has 0 amide bonds. The van der Waals surface area contributed by atoms with Crippen LogP contribution in [0.3, 0.4) is 0 Å². The number of furan rings is 1. The first kappa shape index (κ1) is 16.2. The molecule has 0 spiro atoms. The van der Waals surface area contributed by atoms with Gasteiger partial charge < -0.3 is 14.5 Å². The Morgan fingerprint density at radius 1 is 1.42 bits per heavy atom. The van der Waals surface area contributed by atoms with Crippen molar-refractivity contribution in [3.8, 4) is 0 Å². The number of likely N-dealkylation sites (N-methyl/N-ethyl adjacent to an activating group) is 1. The smallest absolute Gasteiger partial charge is 0.276 e. The summed E-state index contributed by atoms with van der Waals surface area (Å²) < 4.78 is 36.2. The summed E-state index contributed by atoms with van der Waals surface area (Å²) in [5.74, 6) is 0.591. The molecule has 0 fully saturated rings. The second-order valence-corrected chi connectivity index (χ2v) is 6.47. The molecule has 110 valence electrons. The highest BCUT2D eigenvalue weighted by Gasteiger charge is 2.24. The topological polar surface area (TPSA) is 71.8 Å². The third-order valence-electron chi connectivity index (χ3n) is 2.51. The van der Waals surface area contributed by atoms with E-state index in [1.807, 2.05) is 13.8 Å². The Kier molecular flexibility index (Phi) is 5.99. The van der Waals surface area contributed by atoms with Crippen LogP contribution in [0.1, 0.15) is 19.6 Å². The molecule has 6 nitrogen and oxygen atoms in total. The van der Waals surface area contributed by atoms with Gasteiger partial charge in [-0.25, -0.2) is 8.42 Å². The molecule has 1 aromatic heterocycles. The predicted molar refractivity (Wildman–Crippen MR) is 72.4 cm³/mol. The minimum absolute atomic E-state index is 0.0372. The van der Waals surface area contributed by atoms with Crippen LogP contribution < -0.4 is 5.32 Å². The Hall–Kier alpha value is -0.890. The lowest BCUT2D eigenvalue weighted by atomic mass is 10.4. The molecule has 0 atom stereocenters. The van der Waals surface area contributed by atoms with Gasteiger partial charge in [0.25, 0.3) is 10.0 Å². The molecular weight excluding hydrogens is 268 g/mol. The van der Waals surface area contributed by atoms with Crippen molar-refractivity contribution in [3.05, 3.63) is 17.9 Å². The SMILES string of the molecule is CNCc1ccc(S(=O)(=O)N(C)CCOC(C)C)o1. The molecule has 0 aliphatic carbocycles. The number of sulfonamides is 1. The van der Waals surface area contributed by atoms with E-state index in [2.05, 4.69) is 5.32 Å². The Morgan fingerprint density at radius 3 is 2.68 bits per heavy atom. The molecule has 19 heavy (non-hydrogen) atoms. The van der Waals surface area contributed by atoms with Crippen molar-refractivity contribution in [2.45, 2.75) is 31.6 Å². The van der Waals surface area contributed by atoms with Gasteiger partial charge in [0.05, 0.1) is 19.3 Å². The van der Waals surface area contributed by atoms with Crippen LogP contribution in [0.4, 0.5) is 0 Å². The van der Waals surface area contributed by atoms with E-state index >= 15 is 0 Å². The van der Waals surface area contributed by atoms with Gasteiger partial charge in [0.15, 0.2) is 0 Å². The molecule has 0 bridgehead atoms. The second-order valence-electron chi connectivity index (χ2n) is 4.50. The van der Waals surface area contributed by atoms with E-state index in [1.165, 1.54) is 17.4 Å². The second kappa shape index (κ2) is 7.04. The van der Waals surface area contributed by atoms with Crippen LogP contribution in [-0.4, -0.2) is 46.1 Å². The molecule has 1 heterocycles. The van der Waals surface area contributed by atoms with Crippen molar-refractivity contribution in [2.24, 2.45) is 0 Å². The fourth-order valence-corrected chi connectivity index (χ4v) is 2.53. The largest absolute Gasteiger partial charge is 0.447 e. The van der Waals surface area contributed by atoms with Crippen molar-refractivity contribution in [2.75, 3.05) is 27.2 Å². The summed E-state index contributed by atoms with van der Waals surface area (Å²) >= 11 is 0. The molecule has 1 rings (SSSR count). The van der Waals surface area contributed by atoms with Gasteiger partial charge in [-0.15, -0.1) is 0 Å². The van der Waals surface area contributed by atoms with Crippen LogP contribution in [0, 0.1) is 0 Å². The number of ether oxygens (including phenoxy) is 1. The molecule has 0 saturated carbocycles. The van der Waals surface area contributed by atoms with Crippen molar-refractivity contribution >= 4 is 10.0 Å². The first-order valence-corrected chi connectivity index (χ1v) is 7.63. The van der Waals surface area contributed by atoms with E-state index in [0.29, 0.717) is 25.5 Å². The van der Waals surface area contributed by atoms with E-state index in [1.54, 1.807) is 13.1 Å². The number of hydrogen-bond donors (Lipinski definition) is 1. The average molecular weight is 290 g/mol. The van der Waals surface area contributed by atoms with E-state index < -0.39 is 10.0 Å². The summed E-state index contributed by atoms with van der Waals surface area (Å²) in [4.78, 5) is 0. The van der Waals surface area contributed by atoms with Crippen molar-refractivity contribution in [1.82, 2.24) is 9.62 Å². The molecular formula is C12H22N2O4S. The molecule has 1 aromatic rings. The molecule has 0 unspecified atom stereocenters. The van der Waals surface area contributed by atoms with Crippen LogP contribution in [0.15, 0.2) is 21.6 Å². The standard InChI is InChI=1S/C12H22N2O4S/c1-10(2)17-8-7-14(4)19(15,16)12-6-5-11(18-12)9-13-3/h5-6,10,13H,7-9H2,1-4H3. The number of nitrogens with one attached hydrogen (secondary N) is 1. The van der Waals surface area contributed by atoms with E-state index in [9.17, 15) is 8.42 Å². The fourth-order valence-electron chi connectivity index (χ4n) is 1.46. The number of rotatable bonds is 8. The fraction of sp³-hybridized carbons (Fsp3) is 0.667. The van der Waals surface area contributed by atoms with Crippen LogP contribution in [-0.2, 0) is 21.3 Å². The number of hydrogen-bond acceptors (Lipinski definition) is 5. The highest BCUT2D eigenvalue weighted by atomic mass is 32.2. The van der Waals surface area contributed by atoms with Crippen LogP contribution >= 0.6 is 0 Å². The highest BCUT2D eigenvalue weighted by molar-refractivity contribution is 7.89. The Bertz CT molecular complexity index is 482. The van der Waals surface area contributed by atoms with E-state index in [-0.39, 0.29) is 11.2 Å². The van der Waals surface area contributed by atoms with Gasteiger partial charge in [-0.3, -0.25) is 0 Å². The zero-order chi connectivity index (χ0) is 14.5. The molecule has 0 aromatic carbocycles. The monoisotopic (exact) mass is 290 g/mol. The summed E-state index contributed by atoms with van der Waals surface area (Å²) in [7, 11) is -0.292. The lowest BCUT2D eigenvalue weighted by molar-refractivity contribution is 0.0735. The third-order valence-corrected chi connectivity index (χ3v) is 4.24. The Balaban J connectivity index is 2.67. The maximum absolute atomic E-state index is 12.2. The predicted octanol–water partition coefficient (Wildman–Crippen LogP) is 1.04. The molecule has 7 heteroatoms. The highest BCUT2D eigenvalue weighted by Crippen LogP contribution is 2.17. The molecule has 1 N–H and O–H groups in total. The lowest BCUT2D eigenvalue weighted by Gasteiger charge is -2.16. The molecule has 0 aliphatic heterocycles. The van der Waals surface area contributed by atoms with Crippen LogP contribution in [0.2, 0.25) is 0 Å². The van der Waals surface area contributed by atoms with E-state index in [0.717, 1.165) is 0 Å². The number of nitrogens with zero attached hydrogens (tertiary/aromatic N) is 1. The van der Waals surface area contributed by atoms with E-state index in [4.69, 9.17) is 9.15 Å². The summed E-state index contributed by atoms with van der Waals surface area (Å²) in [6.07, 6.45) is 0.0851. The lowest BCUT2D eigenvalue weighted by Crippen LogP contribution is -2.30. The molecule has 0 aliphatic rings.